The van der Waals surface area contributed by atoms with Crippen LogP contribution in [0, 0.1) is 0 Å². The Labute approximate surface area is 75.4 Å². The van der Waals surface area contributed by atoms with E-state index in [1.165, 1.54) is 0 Å². The van der Waals surface area contributed by atoms with Crippen molar-refractivity contribution < 1.29 is 9.47 Å². The predicted octanol–water partition coefficient (Wildman–Crippen LogP) is 1.04. The lowest BCUT2D eigenvalue weighted by Crippen LogP contribution is -2.42. The molecule has 0 radical (unpaired) electrons. The Hall–Kier alpha value is -0.120. The molecule has 0 aromatic carbocycles. The van der Waals surface area contributed by atoms with Crippen LogP contribution in [-0.4, -0.2) is 39.0 Å². The fraction of sp³-hybridized carbons (Fsp3) is 1.00. The van der Waals surface area contributed by atoms with Gasteiger partial charge in [0.1, 0.15) is 0 Å². The quantitative estimate of drug-likeness (QED) is 0.677. The highest BCUT2D eigenvalue weighted by Crippen LogP contribution is 1.99. The van der Waals surface area contributed by atoms with Gasteiger partial charge in [0.15, 0.2) is 0 Å². The summed E-state index contributed by atoms with van der Waals surface area (Å²) in [5, 5.41) is 3.35. The van der Waals surface area contributed by atoms with Gasteiger partial charge >= 0.3 is 0 Å². The molecule has 0 aliphatic rings. The van der Waals surface area contributed by atoms with E-state index in [0.29, 0.717) is 6.61 Å². The van der Waals surface area contributed by atoms with Crippen LogP contribution < -0.4 is 5.32 Å². The van der Waals surface area contributed by atoms with Crippen LogP contribution >= 0.6 is 0 Å². The molecule has 0 fully saturated rings. The average Bonchev–Trinajstić information content (AvgIpc) is 1.96. The van der Waals surface area contributed by atoms with E-state index in [1.54, 1.807) is 14.2 Å². The molecular weight excluding hydrogens is 154 g/mol. The van der Waals surface area contributed by atoms with Crippen molar-refractivity contribution in [3.05, 3.63) is 0 Å². The van der Waals surface area contributed by atoms with Crippen molar-refractivity contribution in [1.82, 2.24) is 5.32 Å². The fourth-order valence-corrected chi connectivity index (χ4v) is 0.816. The first-order chi connectivity index (χ1) is 5.49. The maximum absolute atomic E-state index is 5.20. The van der Waals surface area contributed by atoms with E-state index in [1.807, 2.05) is 0 Å². The molecule has 1 N–H and O–H groups in total. The standard InChI is InChI=1S/C9H21NO2/c1-9(2,3)10-6-8(12-5)7-11-4/h8,10H,6-7H2,1-5H3. The van der Waals surface area contributed by atoms with Gasteiger partial charge in [-0.05, 0) is 20.8 Å². The smallest absolute Gasteiger partial charge is 0.0928 e. The van der Waals surface area contributed by atoms with Gasteiger partial charge < -0.3 is 14.8 Å². The van der Waals surface area contributed by atoms with Gasteiger partial charge in [0, 0.05) is 26.3 Å². The minimum absolute atomic E-state index is 0.143. The maximum atomic E-state index is 5.20. The number of hydrogen-bond acceptors (Lipinski definition) is 3. The summed E-state index contributed by atoms with van der Waals surface area (Å²) < 4.78 is 10.2. The van der Waals surface area contributed by atoms with Crippen molar-refractivity contribution in [2.45, 2.75) is 32.4 Å². The van der Waals surface area contributed by atoms with Crippen LogP contribution in [0.5, 0.6) is 0 Å². The van der Waals surface area contributed by atoms with Crippen LogP contribution in [-0.2, 0) is 9.47 Å². The zero-order valence-corrected chi connectivity index (χ0v) is 8.81. The molecule has 1 atom stereocenters. The van der Waals surface area contributed by atoms with E-state index in [9.17, 15) is 0 Å². The van der Waals surface area contributed by atoms with E-state index >= 15 is 0 Å². The van der Waals surface area contributed by atoms with E-state index in [4.69, 9.17) is 9.47 Å². The zero-order valence-electron chi connectivity index (χ0n) is 8.81. The van der Waals surface area contributed by atoms with Crippen LogP contribution in [0.1, 0.15) is 20.8 Å². The zero-order chi connectivity index (χ0) is 9.61. The summed E-state index contributed by atoms with van der Waals surface area (Å²) in [5.41, 5.74) is 0.143. The first kappa shape index (κ1) is 11.9. The summed E-state index contributed by atoms with van der Waals surface area (Å²) in [6.45, 7) is 7.86. The second kappa shape index (κ2) is 5.51. The minimum atomic E-state index is 0.143. The molecule has 0 rings (SSSR count). The molecule has 0 bridgehead atoms. The van der Waals surface area contributed by atoms with Crippen LogP contribution in [0.3, 0.4) is 0 Å². The van der Waals surface area contributed by atoms with Gasteiger partial charge in [-0.15, -0.1) is 0 Å². The molecule has 12 heavy (non-hydrogen) atoms. The molecule has 0 aromatic heterocycles. The Bertz CT molecular complexity index is 110. The first-order valence-corrected chi connectivity index (χ1v) is 4.26. The Kier molecular flexibility index (Phi) is 5.46. The van der Waals surface area contributed by atoms with Gasteiger partial charge in [-0.3, -0.25) is 0 Å². The molecule has 0 aromatic rings. The second-order valence-corrected chi connectivity index (χ2v) is 3.94. The Morgan fingerprint density at radius 3 is 2.17 bits per heavy atom. The fourth-order valence-electron chi connectivity index (χ4n) is 0.816. The summed E-state index contributed by atoms with van der Waals surface area (Å²) in [4.78, 5) is 0. The van der Waals surface area contributed by atoms with Gasteiger partial charge in [0.05, 0.1) is 12.7 Å². The second-order valence-electron chi connectivity index (χ2n) is 3.94. The SMILES string of the molecule is COCC(CNC(C)(C)C)OC. The number of hydrogen-bond donors (Lipinski definition) is 1. The summed E-state index contributed by atoms with van der Waals surface area (Å²) in [6.07, 6.45) is 0.147. The Balaban J connectivity index is 3.58. The monoisotopic (exact) mass is 175 g/mol. The van der Waals surface area contributed by atoms with Gasteiger partial charge in [-0.1, -0.05) is 0 Å². The molecule has 1 unspecified atom stereocenters. The minimum Gasteiger partial charge on any atom is -0.382 e. The molecule has 0 aliphatic carbocycles. The molecule has 0 aliphatic heterocycles. The summed E-state index contributed by atoms with van der Waals surface area (Å²) in [6, 6.07) is 0. The largest absolute Gasteiger partial charge is 0.382 e. The Morgan fingerprint density at radius 2 is 1.83 bits per heavy atom. The lowest BCUT2D eigenvalue weighted by Gasteiger charge is -2.24. The Morgan fingerprint density at radius 1 is 1.25 bits per heavy atom. The number of ether oxygens (including phenoxy) is 2. The van der Waals surface area contributed by atoms with Crippen molar-refractivity contribution in [2.75, 3.05) is 27.4 Å². The average molecular weight is 175 g/mol. The van der Waals surface area contributed by atoms with Gasteiger partial charge in [0.2, 0.25) is 0 Å². The highest BCUT2D eigenvalue weighted by molar-refractivity contribution is 4.73. The lowest BCUT2D eigenvalue weighted by atomic mass is 10.1. The summed E-state index contributed by atoms with van der Waals surface area (Å²) >= 11 is 0. The van der Waals surface area contributed by atoms with Crippen LogP contribution in [0.25, 0.3) is 0 Å². The van der Waals surface area contributed by atoms with E-state index in [-0.39, 0.29) is 11.6 Å². The van der Waals surface area contributed by atoms with Crippen molar-refractivity contribution in [3.63, 3.8) is 0 Å². The molecule has 3 heteroatoms. The molecule has 0 saturated heterocycles. The number of rotatable bonds is 5. The predicted molar refractivity (Wildman–Crippen MR) is 50.4 cm³/mol. The first-order valence-electron chi connectivity index (χ1n) is 4.26. The van der Waals surface area contributed by atoms with Gasteiger partial charge in [-0.2, -0.15) is 0 Å². The summed E-state index contributed by atoms with van der Waals surface area (Å²) in [5.74, 6) is 0. The van der Waals surface area contributed by atoms with Crippen molar-refractivity contribution in [2.24, 2.45) is 0 Å². The highest BCUT2D eigenvalue weighted by atomic mass is 16.5. The van der Waals surface area contributed by atoms with Crippen LogP contribution in [0.15, 0.2) is 0 Å². The molecule has 0 heterocycles. The number of nitrogens with one attached hydrogen (secondary N) is 1. The lowest BCUT2D eigenvalue weighted by molar-refractivity contribution is 0.0256. The van der Waals surface area contributed by atoms with Crippen molar-refractivity contribution >= 4 is 0 Å². The third-order valence-corrected chi connectivity index (χ3v) is 1.55. The van der Waals surface area contributed by atoms with E-state index in [2.05, 4.69) is 26.1 Å². The maximum Gasteiger partial charge on any atom is 0.0928 e. The normalized spacial score (nSPS) is 14.8. The van der Waals surface area contributed by atoms with E-state index in [0.717, 1.165) is 6.54 Å². The van der Waals surface area contributed by atoms with Gasteiger partial charge in [-0.25, -0.2) is 0 Å². The topological polar surface area (TPSA) is 30.5 Å². The van der Waals surface area contributed by atoms with E-state index < -0.39 is 0 Å². The van der Waals surface area contributed by atoms with Gasteiger partial charge in [0.25, 0.3) is 0 Å². The molecule has 0 spiro atoms. The molecule has 3 nitrogen and oxygen atoms in total. The van der Waals surface area contributed by atoms with Crippen molar-refractivity contribution in [3.8, 4) is 0 Å². The molecule has 0 saturated carbocycles. The molecule has 74 valence electrons. The number of methoxy groups -OCH3 is 2. The summed E-state index contributed by atoms with van der Waals surface area (Å²) in [7, 11) is 3.39. The third kappa shape index (κ3) is 6.58. The van der Waals surface area contributed by atoms with Crippen LogP contribution in [0.4, 0.5) is 0 Å². The molecule has 0 amide bonds. The third-order valence-electron chi connectivity index (χ3n) is 1.55. The molecular formula is C9H21NO2. The van der Waals surface area contributed by atoms with Crippen molar-refractivity contribution in [1.29, 1.82) is 0 Å². The highest BCUT2D eigenvalue weighted by Gasteiger charge is 2.12. The van der Waals surface area contributed by atoms with Crippen LogP contribution in [0.2, 0.25) is 0 Å².